The van der Waals surface area contributed by atoms with Crippen molar-refractivity contribution in [2.24, 2.45) is 0 Å². The van der Waals surface area contributed by atoms with E-state index in [2.05, 4.69) is 21.2 Å². The van der Waals surface area contributed by atoms with Crippen LogP contribution >= 0.6 is 15.9 Å². The molecule has 2 aromatic carbocycles. The van der Waals surface area contributed by atoms with Crippen LogP contribution < -0.4 is 5.32 Å². The third-order valence-corrected chi connectivity index (χ3v) is 4.32. The molecule has 1 heterocycles. The molecule has 0 aliphatic heterocycles. The van der Waals surface area contributed by atoms with Crippen molar-refractivity contribution in [3.63, 3.8) is 0 Å². The number of amides is 1. The van der Waals surface area contributed by atoms with E-state index in [-0.39, 0.29) is 5.91 Å². The lowest BCUT2D eigenvalue weighted by molar-refractivity contribution is 0.102. The standard InChI is InChI=1S/C18H15BrN2O/c1-13-4-7-15(12-17(13)19)20-18(22)14-5-8-16(9-6-14)21-10-2-3-11-21/h2-12H,1H3,(H,20,22). The highest BCUT2D eigenvalue weighted by atomic mass is 79.9. The highest BCUT2D eigenvalue weighted by Gasteiger charge is 2.07. The summed E-state index contributed by atoms with van der Waals surface area (Å²) in [4.78, 5) is 12.3. The minimum atomic E-state index is -0.116. The van der Waals surface area contributed by atoms with Crippen LogP contribution in [0, 0.1) is 6.92 Å². The van der Waals surface area contributed by atoms with Crippen LogP contribution in [0.5, 0.6) is 0 Å². The Morgan fingerprint density at radius 3 is 2.36 bits per heavy atom. The fourth-order valence-corrected chi connectivity index (χ4v) is 2.54. The summed E-state index contributed by atoms with van der Waals surface area (Å²) in [6, 6.07) is 17.2. The lowest BCUT2D eigenvalue weighted by Crippen LogP contribution is -2.11. The molecule has 4 heteroatoms. The molecule has 0 aliphatic carbocycles. The van der Waals surface area contributed by atoms with Gasteiger partial charge in [-0.3, -0.25) is 4.79 Å². The van der Waals surface area contributed by atoms with Gasteiger partial charge in [-0.25, -0.2) is 0 Å². The van der Waals surface area contributed by atoms with Gasteiger partial charge in [0.25, 0.3) is 5.91 Å². The first-order valence-electron chi connectivity index (χ1n) is 6.94. The van der Waals surface area contributed by atoms with Gasteiger partial charge in [-0.2, -0.15) is 0 Å². The van der Waals surface area contributed by atoms with Gasteiger partial charge < -0.3 is 9.88 Å². The molecule has 3 nitrogen and oxygen atoms in total. The topological polar surface area (TPSA) is 34.0 Å². The second-order valence-corrected chi connectivity index (χ2v) is 5.91. The Labute approximate surface area is 137 Å². The van der Waals surface area contributed by atoms with E-state index in [1.54, 1.807) is 0 Å². The van der Waals surface area contributed by atoms with Crippen LogP contribution in [0.1, 0.15) is 15.9 Å². The molecule has 1 amide bonds. The predicted molar refractivity (Wildman–Crippen MR) is 92.6 cm³/mol. The summed E-state index contributed by atoms with van der Waals surface area (Å²) >= 11 is 3.47. The fraction of sp³-hybridized carbons (Fsp3) is 0.0556. The minimum Gasteiger partial charge on any atom is -0.324 e. The molecule has 0 bridgehead atoms. The molecule has 0 unspecified atom stereocenters. The maximum atomic E-state index is 12.3. The predicted octanol–water partition coefficient (Wildman–Crippen LogP) is 4.80. The molecule has 3 rings (SSSR count). The molecule has 0 atom stereocenters. The Morgan fingerprint density at radius 2 is 1.73 bits per heavy atom. The number of aromatic nitrogens is 1. The van der Waals surface area contributed by atoms with E-state index in [1.807, 2.05) is 78.5 Å². The Hall–Kier alpha value is -2.33. The maximum Gasteiger partial charge on any atom is 0.255 e. The Bertz CT molecular complexity index is 792. The van der Waals surface area contributed by atoms with Crippen LogP contribution in [0.2, 0.25) is 0 Å². The molecular formula is C18H15BrN2O. The summed E-state index contributed by atoms with van der Waals surface area (Å²) in [6.45, 7) is 2.01. The van der Waals surface area contributed by atoms with Gasteiger partial charge in [0.2, 0.25) is 0 Å². The SMILES string of the molecule is Cc1ccc(NC(=O)c2ccc(-n3cccc3)cc2)cc1Br. The van der Waals surface area contributed by atoms with E-state index in [4.69, 9.17) is 0 Å². The van der Waals surface area contributed by atoms with Crippen LogP contribution in [0.25, 0.3) is 5.69 Å². The molecule has 0 aliphatic rings. The average molecular weight is 355 g/mol. The molecule has 1 aromatic heterocycles. The van der Waals surface area contributed by atoms with Crippen LogP contribution in [-0.4, -0.2) is 10.5 Å². The zero-order valence-electron chi connectivity index (χ0n) is 12.1. The van der Waals surface area contributed by atoms with Gasteiger partial charge in [0, 0.05) is 33.8 Å². The van der Waals surface area contributed by atoms with E-state index in [0.29, 0.717) is 5.56 Å². The van der Waals surface area contributed by atoms with Crippen molar-refractivity contribution in [3.8, 4) is 5.69 Å². The molecule has 0 fully saturated rings. The van der Waals surface area contributed by atoms with Crippen molar-refractivity contribution < 1.29 is 4.79 Å². The van der Waals surface area contributed by atoms with Gasteiger partial charge in [-0.1, -0.05) is 22.0 Å². The van der Waals surface area contributed by atoms with E-state index in [1.165, 1.54) is 0 Å². The molecule has 1 N–H and O–H groups in total. The monoisotopic (exact) mass is 354 g/mol. The molecule has 110 valence electrons. The number of hydrogen-bond donors (Lipinski definition) is 1. The number of carbonyl (C=O) groups is 1. The summed E-state index contributed by atoms with van der Waals surface area (Å²) in [5, 5.41) is 2.90. The highest BCUT2D eigenvalue weighted by molar-refractivity contribution is 9.10. The third kappa shape index (κ3) is 3.12. The van der Waals surface area contributed by atoms with Crippen LogP contribution in [0.4, 0.5) is 5.69 Å². The van der Waals surface area contributed by atoms with E-state index >= 15 is 0 Å². The first-order chi connectivity index (χ1) is 10.6. The van der Waals surface area contributed by atoms with Crippen molar-refractivity contribution in [2.45, 2.75) is 6.92 Å². The Morgan fingerprint density at radius 1 is 1.05 bits per heavy atom. The lowest BCUT2D eigenvalue weighted by Gasteiger charge is -2.08. The van der Waals surface area contributed by atoms with Gasteiger partial charge in [0.05, 0.1) is 0 Å². The van der Waals surface area contributed by atoms with Crippen molar-refractivity contribution in [1.82, 2.24) is 4.57 Å². The summed E-state index contributed by atoms with van der Waals surface area (Å²) in [5.74, 6) is -0.116. The zero-order chi connectivity index (χ0) is 15.5. The second-order valence-electron chi connectivity index (χ2n) is 5.06. The van der Waals surface area contributed by atoms with Gasteiger partial charge in [-0.15, -0.1) is 0 Å². The molecule has 0 saturated heterocycles. The Kier molecular flexibility index (Phi) is 4.11. The molecule has 0 radical (unpaired) electrons. The second kappa shape index (κ2) is 6.20. The number of rotatable bonds is 3. The zero-order valence-corrected chi connectivity index (χ0v) is 13.7. The number of carbonyl (C=O) groups excluding carboxylic acids is 1. The van der Waals surface area contributed by atoms with E-state index < -0.39 is 0 Å². The number of hydrogen-bond acceptors (Lipinski definition) is 1. The first-order valence-corrected chi connectivity index (χ1v) is 7.74. The number of aryl methyl sites for hydroxylation is 1. The van der Waals surface area contributed by atoms with Gasteiger partial charge >= 0.3 is 0 Å². The molecule has 0 spiro atoms. The van der Waals surface area contributed by atoms with Crippen LogP contribution in [-0.2, 0) is 0 Å². The number of nitrogens with zero attached hydrogens (tertiary/aromatic N) is 1. The summed E-state index contributed by atoms with van der Waals surface area (Å²) in [7, 11) is 0. The first kappa shape index (κ1) is 14.6. The quantitative estimate of drug-likeness (QED) is 0.719. The van der Waals surface area contributed by atoms with Crippen molar-refractivity contribution in [2.75, 3.05) is 5.32 Å². The number of benzene rings is 2. The lowest BCUT2D eigenvalue weighted by atomic mass is 10.1. The third-order valence-electron chi connectivity index (χ3n) is 3.46. The van der Waals surface area contributed by atoms with Crippen molar-refractivity contribution >= 4 is 27.5 Å². The van der Waals surface area contributed by atoms with Gasteiger partial charge in [0.15, 0.2) is 0 Å². The van der Waals surface area contributed by atoms with Crippen LogP contribution in [0.15, 0.2) is 71.5 Å². The highest BCUT2D eigenvalue weighted by Crippen LogP contribution is 2.21. The van der Waals surface area contributed by atoms with Crippen molar-refractivity contribution in [1.29, 1.82) is 0 Å². The van der Waals surface area contributed by atoms with E-state index in [9.17, 15) is 4.79 Å². The van der Waals surface area contributed by atoms with E-state index in [0.717, 1.165) is 21.4 Å². The Balaban J connectivity index is 1.76. The largest absolute Gasteiger partial charge is 0.324 e. The molecule has 3 aromatic rings. The fourth-order valence-electron chi connectivity index (χ4n) is 2.17. The number of anilines is 1. The summed E-state index contributed by atoms with van der Waals surface area (Å²) in [5.41, 5.74) is 3.57. The maximum absolute atomic E-state index is 12.3. The molecule has 0 saturated carbocycles. The smallest absolute Gasteiger partial charge is 0.255 e. The normalized spacial score (nSPS) is 10.5. The molecule has 22 heavy (non-hydrogen) atoms. The number of nitrogens with one attached hydrogen (secondary N) is 1. The van der Waals surface area contributed by atoms with Gasteiger partial charge in [-0.05, 0) is 61.0 Å². The van der Waals surface area contributed by atoms with Crippen molar-refractivity contribution in [3.05, 3.63) is 82.6 Å². The molecular weight excluding hydrogens is 340 g/mol. The summed E-state index contributed by atoms with van der Waals surface area (Å²) < 4.78 is 2.98. The van der Waals surface area contributed by atoms with Crippen LogP contribution in [0.3, 0.4) is 0 Å². The number of halogens is 1. The minimum absolute atomic E-state index is 0.116. The van der Waals surface area contributed by atoms with Gasteiger partial charge in [0.1, 0.15) is 0 Å². The average Bonchev–Trinajstić information content (AvgIpc) is 3.05. The summed E-state index contributed by atoms with van der Waals surface area (Å²) in [6.07, 6.45) is 3.94.